The van der Waals surface area contributed by atoms with Crippen molar-refractivity contribution in [1.29, 1.82) is 0 Å². The molecule has 1 heterocycles. The van der Waals surface area contributed by atoms with Crippen LogP contribution in [0.1, 0.15) is 24.3 Å². The molecule has 0 aliphatic rings. The molecule has 0 saturated heterocycles. The van der Waals surface area contributed by atoms with Gasteiger partial charge in [0.1, 0.15) is 11.6 Å². The molecule has 0 fully saturated rings. The standard InChI is InChI=1S/C16H19N3O2/c1-12(15-5-3-4-10-18-15)21-19-16(17)11-13-6-8-14(20-2)9-7-13/h3-10,12H,11H2,1-2H3,(H2,17,19). The summed E-state index contributed by atoms with van der Waals surface area (Å²) in [6, 6.07) is 13.3. The maximum atomic E-state index is 5.88. The summed E-state index contributed by atoms with van der Waals surface area (Å²) in [6.07, 6.45) is 2.01. The lowest BCUT2D eigenvalue weighted by atomic mass is 10.1. The van der Waals surface area contributed by atoms with E-state index >= 15 is 0 Å². The molecule has 1 unspecified atom stereocenters. The maximum Gasteiger partial charge on any atom is 0.166 e. The zero-order valence-corrected chi connectivity index (χ0v) is 12.2. The summed E-state index contributed by atoms with van der Waals surface area (Å²) in [5.41, 5.74) is 7.74. The second-order valence-electron chi connectivity index (χ2n) is 4.61. The van der Waals surface area contributed by atoms with E-state index in [0.29, 0.717) is 12.3 Å². The second kappa shape index (κ2) is 7.28. The van der Waals surface area contributed by atoms with Crippen LogP contribution in [0.25, 0.3) is 0 Å². The maximum absolute atomic E-state index is 5.88. The van der Waals surface area contributed by atoms with Crippen molar-refractivity contribution in [1.82, 2.24) is 4.98 Å². The minimum Gasteiger partial charge on any atom is -0.497 e. The lowest BCUT2D eigenvalue weighted by Crippen LogP contribution is -2.16. The van der Waals surface area contributed by atoms with Crippen molar-refractivity contribution in [2.24, 2.45) is 10.9 Å². The molecule has 2 N–H and O–H groups in total. The molecule has 5 nitrogen and oxygen atoms in total. The SMILES string of the molecule is COc1ccc(CC(N)=NOC(C)c2ccccn2)cc1. The first-order valence-electron chi connectivity index (χ1n) is 6.71. The Balaban J connectivity index is 1.91. The molecular formula is C16H19N3O2. The van der Waals surface area contributed by atoms with Gasteiger partial charge >= 0.3 is 0 Å². The van der Waals surface area contributed by atoms with Crippen LogP contribution in [0.5, 0.6) is 5.75 Å². The van der Waals surface area contributed by atoms with Crippen molar-refractivity contribution < 1.29 is 9.57 Å². The van der Waals surface area contributed by atoms with Gasteiger partial charge in [-0.15, -0.1) is 0 Å². The molecule has 0 aliphatic heterocycles. The van der Waals surface area contributed by atoms with E-state index in [0.717, 1.165) is 17.0 Å². The fourth-order valence-electron chi connectivity index (χ4n) is 1.80. The van der Waals surface area contributed by atoms with Gasteiger partial charge in [-0.1, -0.05) is 23.4 Å². The normalized spacial score (nSPS) is 12.8. The number of benzene rings is 1. The van der Waals surface area contributed by atoms with E-state index in [2.05, 4.69) is 10.1 Å². The minimum absolute atomic E-state index is 0.236. The molecule has 21 heavy (non-hydrogen) atoms. The zero-order chi connectivity index (χ0) is 15.1. The van der Waals surface area contributed by atoms with Crippen LogP contribution in [0.15, 0.2) is 53.8 Å². The molecule has 110 valence electrons. The average Bonchev–Trinajstić information content (AvgIpc) is 2.54. The number of ether oxygens (including phenoxy) is 1. The van der Waals surface area contributed by atoms with Crippen molar-refractivity contribution in [3.63, 3.8) is 0 Å². The Morgan fingerprint density at radius 3 is 2.62 bits per heavy atom. The van der Waals surface area contributed by atoms with Crippen LogP contribution in [-0.2, 0) is 11.3 Å². The van der Waals surface area contributed by atoms with Crippen LogP contribution in [0.4, 0.5) is 0 Å². The van der Waals surface area contributed by atoms with E-state index in [1.165, 1.54) is 0 Å². The Kier molecular flexibility index (Phi) is 5.15. The first-order valence-corrected chi connectivity index (χ1v) is 6.71. The first-order chi connectivity index (χ1) is 10.2. The Morgan fingerprint density at radius 1 is 1.24 bits per heavy atom. The Morgan fingerprint density at radius 2 is 2.00 bits per heavy atom. The van der Waals surface area contributed by atoms with Gasteiger partial charge in [0.25, 0.3) is 0 Å². The molecule has 0 amide bonds. The van der Waals surface area contributed by atoms with E-state index in [9.17, 15) is 0 Å². The van der Waals surface area contributed by atoms with Gasteiger partial charge in [-0.25, -0.2) is 0 Å². The van der Waals surface area contributed by atoms with Crippen LogP contribution < -0.4 is 10.5 Å². The van der Waals surface area contributed by atoms with Crippen LogP contribution in [0, 0.1) is 0 Å². The zero-order valence-electron chi connectivity index (χ0n) is 12.2. The number of aromatic nitrogens is 1. The summed E-state index contributed by atoms with van der Waals surface area (Å²) >= 11 is 0. The Labute approximate surface area is 124 Å². The van der Waals surface area contributed by atoms with Gasteiger partial charge in [0, 0.05) is 12.6 Å². The van der Waals surface area contributed by atoms with E-state index in [1.807, 2.05) is 49.4 Å². The molecule has 5 heteroatoms. The summed E-state index contributed by atoms with van der Waals surface area (Å²) < 4.78 is 5.11. The molecule has 0 aliphatic carbocycles. The number of hydrogen-bond acceptors (Lipinski definition) is 4. The van der Waals surface area contributed by atoms with E-state index in [1.54, 1.807) is 13.3 Å². The molecule has 0 bridgehead atoms. The molecule has 0 spiro atoms. The predicted octanol–water partition coefficient (Wildman–Crippen LogP) is 2.68. The van der Waals surface area contributed by atoms with Gasteiger partial charge in [0.2, 0.25) is 0 Å². The monoisotopic (exact) mass is 285 g/mol. The van der Waals surface area contributed by atoms with E-state index in [-0.39, 0.29) is 6.10 Å². The van der Waals surface area contributed by atoms with Crippen molar-refractivity contribution in [2.45, 2.75) is 19.4 Å². The van der Waals surface area contributed by atoms with Gasteiger partial charge in [0.15, 0.2) is 6.10 Å². The third-order valence-corrected chi connectivity index (χ3v) is 2.98. The van der Waals surface area contributed by atoms with Crippen LogP contribution in [-0.4, -0.2) is 17.9 Å². The summed E-state index contributed by atoms with van der Waals surface area (Å²) in [5.74, 6) is 1.23. The number of methoxy groups -OCH3 is 1. The van der Waals surface area contributed by atoms with Crippen molar-refractivity contribution in [3.8, 4) is 5.75 Å². The second-order valence-corrected chi connectivity index (χ2v) is 4.61. The lowest BCUT2D eigenvalue weighted by molar-refractivity contribution is 0.0686. The largest absolute Gasteiger partial charge is 0.497 e. The lowest BCUT2D eigenvalue weighted by Gasteiger charge is -2.09. The molecule has 1 aromatic carbocycles. The smallest absolute Gasteiger partial charge is 0.166 e. The number of oxime groups is 1. The van der Waals surface area contributed by atoms with E-state index in [4.69, 9.17) is 15.3 Å². The molecule has 1 atom stereocenters. The molecule has 0 radical (unpaired) electrons. The molecule has 1 aromatic heterocycles. The van der Waals surface area contributed by atoms with Crippen molar-refractivity contribution in [3.05, 3.63) is 59.9 Å². The summed E-state index contributed by atoms with van der Waals surface area (Å²) in [5, 5.41) is 3.96. The van der Waals surface area contributed by atoms with Crippen LogP contribution >= 0.6 is 0 Å². The Bertz CT molecular complexity index is 582. The highest BCUT2D eigenvalue weighted by molar-refractivity contribution is 5.82. The fraction of sp³-hybridized carbons (Fsp3) is 0.250. The topological polar surface area (TPSA) is 69.7 Å². The van der Waals surface area contributed by atoms with Gasteiger partial charge in [-0.2, -0.15) is 0 Å². The quantitative estimate of drug-likeness (QED) is 0.503. The molecule has 0 saturated carbocycles. The third kappa shape index (κ3) is 4.49. The van der Waals surface area contributed by atoms with Crippen LogP contribution in [0.2, 0.25) is 0 Å². The molecule has 2 aromatic rings. The van der Waals surface area contributed by atoms with Gasteiger partial charge in [-0.05, 0) is 36.8 Å². The van der Waals surface area contributed by atoms with E-state index < -0.39 is 0 Å². The number of nitrogens with zero attached hydrogens (tertiary/aromatic N) is 2. The summed E-state index contributed by atoms with van der Waals surface area (Å²) in [4.78, 5) is 9.59. The number of rotatable bonds is 6. The number of hydrogen-bond donors (Lipinski definition) is 1. The fourth-order valence-corrected chi connectivity index (χ4v) is 1.80. The Hall–Kier alpha value is -2.56. The number of amidine groups is 1. The molecule has 2 rings (SSSR count). The summed E-state index contributed by atoms with van der Waals surface area (Å²) in [6.45, 7) is 1.88. The highest BCUT2D eigenvalue weighted by Crippen LogP contribution is 2.14. The molecular weight excluding hydrogens is 266 g/mol. The van der Waals surface area contributed by atoms with Crippen LogP contribution in [0.3, 0.4) is 0 Å². The highest BCUT2D eigenvalue weighted by Gasteiger charge is 2.07. The number of nitrogens with two attached hydrogens (primary N) is 1. The summed E-state index contributed by atoms with van der Waals surface area (Å²) in [7, 11) is 1.64. The van der Waals surface area contributed by atoms with Gasteiger partial charge in [0.05, 0.1) is 12.8 Å². The minimum atomic E-state index is -0.236. The average molecular weight is 285 g/mol. The third-order valence-electron chi connectivity index (χ3n) is 2.98. The first kappa shape index (κ1) is 14.8. The predicted molar refractivity (Wildman–Crippen MR) is 82.1 cm³/mol. The van der Waals surface area contributed by atoms with Crippen molar-refractivity contribution in [2.75, 3.05) is 7.11 Å². The van der Waals surface area contributed by atoms with Gasteiger partial charge in [-0.3, -0.25) is 4.98 Å². The van der Waals surface area contributed by atoms with Gasteiger partial charge < -0.3 is 15.3 Å². The highest BCUT2D eigenvalue weighted by atomic mass is 16.6. The van der Waals surface area contributed by atoms with Crippen molar-refractivity contribution >= 4 is 5.84 Å². The number of pyridine rings is 1.